The summed E-state index contributed by atoms with van der Waals surface area (Å²) in [4.78, 5) is 41.7. The number of likely N-dealkylation sites (tertiary alicyclic amines) is 1. The van der Waals surface area contributed by atoms with Gasteiger partial charge < -0.3 is 20.1 Å². The predicted octanol–water partition coefficient (Wildman–Crippen LogP) is 2.04. The predicted molar refractivity (Wildman–Crippen MR) is 92.2 cm³/mol. The highest BCUT2D eigenvalue weighted by Crippen LogP contribution is 2.24. The third-order valence-corrected chi connectivity index (χ3v) is 4.08. The Balaban J connectivity index is 2.14. The first-order chi connectivity index (χ1) is 11.5. The summed E-state index contributed by atoms with van der Waals surface area (Å²) in [6, 6.07) is 4.91. The molecule has 1 aliphatic rings. The highest BCUT2D eigenvalue weighted by molar-refractivity contribution is 9.10. The van der Waals surface area contributed by atoms with E-state index in [1.165, 1.54) is 4.90 Å². The van der Waals surface area contributed by atoms with Crippen LogP contribution < -0.4 is 5.32 Å². The van der Waals surface area contributed by atoms with E-state index >= 15 is 0 Å². The maximum atomic E-state index is 12.5. The molecule has 1 atom stereocenters. The number of ether oxygens (including phenoxy) is 1. The fraction of sp³-hybridized carbons (Fsp3) is 0.500. The van der Waals surface area contributed by atoms with E-state index in [-0.39, 0.29) is 25.2 Å². The topological polar surface area (TPSA) is 109 Å². The maximum Gasteiger partial charge on any atom is 0.408 e. The van der Waals surface area contributed by atoms with E-state index in [0.29, 0.717) is 4.60 Å². The number of nitrogens with zero attached hydrogens (tertiary/aromatic N) is 2. The van der Waals surface area contributed by atoms with Crippen LogP contribution in [0.1, 0.15) is 37.7 Å². The molecule has 0 aliphatic carbocycles. The SMILES string of the molecule is CC(C)(C)OC(=O)NC1(C(=O)O)CCN(C(=O)c2cccc(Br)n2)C1. The Hall–Kier alpha value is -2.16. The monoisotopic (exact) mass is 413 g/mol. The van der Waals surface area contributed by atoms with Crippen LogP contribution in [-0.2, 0) is 9.53 Å². The van der Waals surface area contributed by atoms with Gasteiger partial charge in [0, 0.05) is 13.0 Å². The molecule has 9 heteroatoms. The fourth-order valence-electron chi connectivity index (χ4n) is 2.50. The van der Waals surface area contributed by atoms with Crippen LogP contribution in [0.2, 0.25) is 0 Å². The lowest BCUT2D eigenvalue weighted by atomic mass is 9.99. The molecular formula is C16H20BrN3O5. The van der Waals surface area contributed by atoms with E-state index in [1.54, 1.807) is 39.0 Å². The van der Waals surface area contributed by atoms with Gasteiger partial charge >= 0.3 is 12.1 Å². The molecule has 8 nitrogen and oxygen atoms in total. The second kappa shape index (κ2) is 6.99. The molecule has 0 radical (unpaired) electrons. The minimum absolute atomic E-state index is 0.0846. The van der Waals surface area contributed by atoms with Crippen LogP contribution in [-0.4, -0.2) is 57.2 Å². The van der Waals surface area contributed by atoms with Crippen LogP contribution >= 0.6 is 15.9 Å². The van der Waals surface area contributed by atoms with Crippen molar-refractivity contribution in [2.24, 2.45) is 0 Å². The summed E-state index contributed by atoms with van der Waals surface area (Å²) in [6.07, 6.45) is -0.744. The van der Waals surface area contributed by atoms with Gasteiger partial charge in [0.1, 0.15) is 15.9 Å². The number of hydrogen-bond acceptors (Lipinski definition) is 5. The zero-order valence-electron chi connectivity index (χ0n) is 14.2. The number of aromatic nitrogens is 1. The summed E-state index contributed by atoms with van der Waals surface area (Å²) in [5.74, 6) is -1.61. The highest BCUT2D eigenvalue weighted by Gasteiger charge is 2.48. The van der Waals surface area contributed by atoms with Crippen LogP contribution in [0.3, 0.4) is 0 Å². The summed E-state index contributed by atoms with van der Waals surface area (Å²) >= 11 is 3.20. The minimum Gasteiger partial charge on any atom is -0.479 e. The Morgan fingerprint density at radius 1 is 1.36 bits per heavy atom. The van der Waals surface area contributed by atoms with Crippen LogP contribution in [0.5, 0.6) is 0 Å². The molecular weight excluding hydrogens is 394 g/mol. The molecule has 0 bridgehead atoms. The number of pyridine rings is 1. The van der Waals surface area contributed by atoms with Gasteiger partial charge in [-0.15, -0.1) is 0 Å². The van der Waals surface area contributed by atoms with Crippen molar-refractivity contribution in [3.63, 3.8) is 0 Å². The number of amides is 2. The Labute approximate surface area is 153 Å². The molecule has 1 saturated heterocycles. The molecule has 25 heavy (non-hydrogen) atoms. The van der Waals surface area contributed by atoms with Gasteiger partial charge in [-0.25, -0.2) is 14.6 Å². The number of nitrogens with one attached hydrogen (secondary N) is 1. The Bertz CT molecular complexity index is 703. The average molecular weight is 414 g/mol. The maximum absolute atomic E-state index is 12.5. The number of halogens is 1. The fourth-order valence-corrected chi connectivity index (χ4v) is 2.85. The molecule has 1 fully saturated rings. The summed E-state index contributed by atoms with van der Waals surface area (Å²) in [6.45, 7) is 5.08. The molecule has 1 aromatic heterocycles. The minimum atomic E-state index is -1.58. The molecule has 0 saturated carbocycles. The van der Waals surface area contributed by atoms with Gasteiger partial charge in [-0.05, 0) is 48.8 Å². The second-order valence-electron chi connectivity index (χ2n) is 6.84. The van der Waals surface area contributed by atoms with E-state index in [1.807, 2.05) is 0 Å². The second-order valence-corrected chi connectivity index (χ2v) is 7.65. The van der Waals surface area contributed by atoms with Crippen molar-refractivity contribution in [1.29, 1.82) is 0 Å². The molecule has 1 unspecified atom stereocenters. The van der Waals surface area contributed by atoms with Crippen molar-refractivity contribution < 1.29 is 24.2 Å². The van der Waals surface area contributed by atoms with Crippen LogP contribution in [0.15, 0.2) is 22.8 Å². The van der Waals surface area contributed by atoms with Gasteiger partial charge in [-0.3, -0.25) is 4.79 Å². The molecule has 2 heterocycles. The zero-order valence-corrected chi connectivity index (χ0v) is 15.8. The van der Waals surface area contributed by atoms with Gasteiger partial charge in [0.05, 0.1) is 6.54 Å². The first-order valence-corrected chi connectivity index (χ1v) is 8.48. The van der Waals surface area contributed by atoms with E-state index in [9.17, 15) is 19.5 Å². The van der Waals surface area contributed by atoms with Gasteiger partial charge in [0.25, 0.3) is 5.91 Å². The smallest absolute Gasteiger partial charge is 0.408 e. The molecule has 2 rings (SSSR count). The zero-order chi connectivity index (χ0) is 18.8. The van der Waals surface area contributed by atoms with Gasteiger partial charge in [0.2, 0.25) is 0 Å². The molecule has 0 aromatic carbocycles. The molecule has 1 aromatic rings. The van der Waals surface area contributed by atoms with Crippen molar-refractivity contribution in [2.45, 2.75) is 38.3 Å². The van der Waals surface area contributed by atoms with Gasteiger partial charge in [0.15, 0.2) is 5.54 Å². The van der Waals surface area contributed by atoms with Crippen LogP contribution in [0.4, 0.5) is 4.79 Å². The number of hydrogen-bond donors (Lipinski definition) is 2. The van der Waals surface area contributed by atoms with Crippen LogP contribution in [0, 0.1) is 0 Å². The normalized spacial score (nSPS) is 20.2. The van der Waals surface area contributed by atoms with Crippen molar-refractivity contribution in [3.05, 3.63) is 28.5 Å². The van der Waals surface area contributed by atoms with E-state index in [4.69, 9.17) is 4.74 Å². The van der Waals surface area contributed by atoms with Crippen molar-refractivity contribution in [2.75, 3.05) is 13.1 Å². The first-order valence-electron chi connectivity index (χ1n) is 7.69. The van der Waals surface area contributed by atoms with Gasteiger partial charge in [-0.2, -0.15) is 0 Å². The number of carboxylic acids is 1. The molecule has 136 valence electrons. The lowest BCUT2D eigenvalue weighted by molar-refractivity contribution is -0.144. The summed E-state index contributed by atoms with van der Waals surface area (Å²) < 4.78 is 5.64. The van der Waals surface area contributed by atoms with E-state index in [2.05, 4.69) is 26.2 Å². The van der Waals surface area contributed by atoms with Crippen molar-refractivity contribution >= 4 is 33.9 Å². The van der Waals surface area contributed by atoms with Gasteiger partial charge in [-0.1, -0.05) is 6.07 Å². The standard InChI is InChI=1S/C16H20BrN3O5/c1-15(2,3)25-14(24)19-16(13(22)23)7-8-20(9-16)12(21)10-5-4-6-11(17)18-10/h4-6H,7-9H2,1-3H3,(H,19,24)(H,22,23). The van der Waals surface area contributed by atoms with Crippen molar-refractivity contribution in [1.82, 2.24) is 15.2 Å². The van der Waals surface area contributed by atoms with Crippen molar-refractivity contribution in [3.8, 4) is 0 Å². The third-order valence-electron chi connectivity index (χ3n) is 3.64. The molecule has 0 spiro atoms. The summed E-state index contributed by atoms with van der Waals surface area (Å²) in [5, 5.41) is 12.0. The number of carbonyl (C=O) groups excluding carboxylic acids is 2. The lowest BCUT2D eigenvalue weighted by Crippen LogP contribution is -2.57. The van der Waals surface area contributed by atoms with E-state index in [0.717, 1.165) is 0 Å². The number of carbonyl (C=O) groups is 3. The average Bonchev–Trinajstić information content (AvgIpc) is 2.89. The lowest BCUT2D eigenvalue weighted by Gasteiger charge is -2.28. The molecule has 2 N–H and O–H groups in total. The number of aliphatic carboxylic acids is 1. The third kappa shape index (κ3) is 4.68. The van der Waals surface area contributed by atoms with Crippen LogP contribution in [0.25, 0.3) is 0 Å². The Kier molecular flexibility index (Phi) is 5.36. The number of alkyl carbamates (subject to hydrolysis) is 1. The first kappa shape index (κ1) is 19.2. The van der Waals surface area contributed by atoms with E-state index < -0.39 is 29.1 Å². The summed E-state index contributed by atoms with van der Waals surface area (Å²) in [5.41, 5.74) is -2.13. The molecule has 1 aliphatic heterocycles. The Morgan fingerprint density at radius 3 is 2.60 bits per heavy atom. The largest absolute Gasteiger partial charge is 0.479 e. The summed E-state index contributed by atoms with van der Waals surface area (Å²) in [7, 11) is 0. The highest BCUT2D eigenvalue weighted by atomic mass is 79.9. The molecule has 2 amide bonds. The Morgan fingerprint density at radius 2 is 2.04 bits per heavy atom. The number of rotatable bonds is 3. The number of carboxylic acid groups (broad SMARTS) is 1. The quantitative estimate of drug-likeness (QED) is 0.733.